The molecule has 1 heterocycles. The summed E-state index contributed by atoms with van der Waals surface area (Å²) < 4.78 is 7.12. The fraction of sp³-hybridized carbons (Fsp3) is 0.333. The Labute approximate surface area is 126 Å². The number of benzene rings is 1. The maximum Gasteiger partial charge on any atom is 0.107 e. The van der Waals surface area contributed by atoms with Gasteiger partial charge in [0, 0.05) is 15.4 Å². The van der Waals surface area contributed by atoms with Crippen molar-refractivity contribution in [3.05, 3.63) is 56.7 Å². The van der Waals surface area contributed by atoms with Gasteiger partial charge in [-0.2, -0.15) is 0 Å². The lowest BCUT2D eigenvalue weighted by Gasteiger charge is -2.22. The number of halogens is 1. The summed E-state index contributed by atoms with van der Waals surface area (Å²) in [5.74, 6) is 0. The first-order valence-corrected chi connectivity index (χ1v) is 8.03. The normalized spacial score (nSPS) is 14.3. The molecule has 2 nitrogen and oxygen atoms in total. The van der Waals surface area contributed by atoms with Crippen LogP contribution >= 0.6 is 27.3 Å². The molecule has 102 valence electrons. The van der Waals surface area contributed by atoms with E-state index < -0.39 is 0 Å². The number of nitrogens with two attached hydrogens (primary N) is 1. The van der Waals surface area contributed by atoms with E-state index in [1.807, 2.05) is 18.2 Å². The third kappa shape index (κ3) is 4.14. The van der Waals surface area contributed by atoms with Crippen LogP contribution in [-0.2, 0) is 11.3 Å². The number of thiophene rings is 1. The molecule has 0 saturated heterocycles. The molecule has 2 unspecified atom stereocenters. The quantitative estimate of drug-likeness (QED) is 0.840. The molecule has 0 radical (unpaired) electrons. The van der Waals surface area contributed by atoms with Gasteiger partial charge in [-0.05, 0) is 35.6 Å². The van der Waals surface area contributed by atoms with Crippen LogP contribution in [0.2, 0.25) is 0 Å². The van der Waals surface area contributed by atoms with Crippen LogP contribution in [0.25, 0.3) is 0 Å². The summed E-state index contributed by atoms with van der Waals surface area (Å²) in [5, 5.41) is 2.06. The molecular weight excluding hydrogens is 322 g/mol. The molecule has 0 saturated carbocycles. The molecule has 1 aromatic heterocycles. The van der Waals surface area contributed by atoms with E-state index in [-0.39, 0.29) is 12.1 Å². The van der Waals surface area contributed by atoms with Gasteiger partial charge in [-0.15, -0.1) is 11.3 Å². The van der Waals surface area contributed by atoms with Crippen LogP contribution in [-0.4, -0.2) is 6.04 Å². The summed E-state index contributed by atoms with van der Waals surface area (Å²) >= 11 is 5.17. The highest BCUT2D eigenvalue weighted by molar-refractivity contribution is 9.10. The molecule has 0 amide bonds. The summed E-state index contributed by atoms with van der Waals surface area (Å²) in [6, 6.07) is 12.3. The summed E-state index contributed by atoms with van der Waals surface area (Å²) in [7, 11) is 0. The van der Waals surface area contributed by atoms with Gasteiger partial charge >= 0.3 is 0 Å². The Bertz CT molecular complexity index is 501. The molecule has 0 aliphatic rings. The standard InChI is InChI=1S/C15H18BrNOS/c1-2-13(17)15(14-7-4-8-19-14)18-10-11-5-3-6-12(16)9-11/h3-9,13,15H,2,10,17H2,1H3. The minimum atomic E-state index is -0.0241. The molecule has 0 fully saturated rings. The molecule has 0 spiro atoms. The van der Waals surface area contributed by atoms with Gasteiger partial charge < -0.3 is 10.5 Å². The van der Waals surface area contributed by atoms with E-state index in [4.69, 9.17) is 10.5 Å². The maximum atomic E-state index is 6.17. The fourth-order valence-electron chi connectivity index (χ4n) is 1.90. The molecule has 2 N–H and O–H groups in total. The Morgan fingerprint density at radius 1 is 1.32 bits per heavy atom. The predicted octanol–water partition coefficient (Wildman–Crippen LogP) is 4.51. The first-order valence-electron chi connectivity index (χ1n) is 6.35. The lowest BCUT2D eigenvalue weighted by Crippen LogP contribution is -2.29. The van der Waals surface area contributed by atoms with E-state index >= 15 is 0 Å². The lowest BCUT2D eigenvalue weighted by atomic mass is 10.1. The minimum Gasteiger partial charge on any atom is -0.366 e. The van der Waals surface area contributed by atoms with E-state index in [0.717, 1.165) is 16.5 Å². The molecule has 1 aromatic carbocycles. The average Bonchev–Trinajstić information content (AvgIpc) is 2.92. The first-order chi connectivity index (χ1) is 9.20. The van der Waals surface area contributed by atoms with Crippen molar-refractivity contribution in [2.24, 2.45) is 5.73 Å². The van der Waals surface area contributed by atoms with Crippen LogP contribution in [0.3, 0.4) is 0 Å². The molecule has 2 atom stereocenters. The zero-order valence-electron chi connectivity index (χ0n) is 10.9. The largest absolute Gasteiger partial charge is 0.366 e. The van der Waals surface area contributed by atoms with Gasteiger partial charge in [-0.3, -0.25) is 0 Å². The zero-order chi connectivity index (χ0) is 13.7. The van der Waals surface area contributed by atoms with Crippen LogP contribution in [0, 0.1) is 0 Å². The predicted molar refractivity (Wildman–Crippen MR) is 84.3 cm³/mol. The van der Waals surface area contributed by atoms with E-state index in [0.29, 0.717) is 6.61 Å². The second kappa shape index (κ2) is 7.20. The molecule has 4 heteroatoms. The van der Waals surface area contributed by atoms with Crippen molar-refractivity contribution in [2.75, 3.05) is 0 Å². The Kier molecular flexibility index (Phi) is 5.58. The molecule has 0 aliphatic heterocycles. The topological polar surface area (TPSA) is 35.2 Å². The number of hydrogen-bond acceptors (Lipinski definition) is 3. The van der Waals surface area contributed by atoms with Crippen molar-refractivity contribution in [1.82, 2.24) is 0 Å². The molecule has 0 bridgehead atoms. The van der Waals surface area contributed by atoms with Gasteiger partial charge in [-0.1, -0.05) is 41.1 Å². The van der Waals surface area contributed by atoms with Gasteiger partial charge in [0.1, 0.15) is 6.10 Å². The van der Waals surface area contributed by atoms with Gasteiger partial charge in [0.05, 0.1) is 6.61 Å². The molecule has 2 aromatic rings. The van der Waals surface area contributed by atoms with Crippen LogP contribution in [0.5, 0.6) is 0 Å². The van der Waals surface area contributed by atoms with Gasteiger partial charge in [-0.25, -0.2) is 0 Å². The van der Waals surface area contributed by atoms with Crippen molar-refractivity contribution >= 4 is 27.3 Å². The molecule has 0 aliphatic carbocycles. The average molecular weight is 340 g/mol. The summed E-state index contributed by atoms with van der Waals surface area (Å²) in [6.07, 6.45) is 0.880. The smallest absolute Gasteiger partial charge is 0.107 e. The number of hydrogen-bond donors (Lipinski definition) is 1. The summed E-state index contributed by atoms with van der Waals surface area (Å²) in [6.45, 7) is 2.67. The second-order valence-corrected chi connectivity index (χ2v) is 6.34. The van der Waals surface area contributed by atoms with Crippen LogP contribution in [0.4, 0.5) is 0 Å². The third-order valence-electron chi connectivity index (χ3n) is 3.00. The number of rotatable bonds is 6. The lowest BCUT2D eigenvalue weighted by molar-refractivity contribution is 0.0236. The van der Waals surface area contributed by atoms with Crippen LogP contribution in [0.1, 0.15) is 29.9 Å². The molecule has 19 heavy (non-hydrogen) atoms. The summed E-state index contributed by atoms with van der Waals surface area (Å²) in [4.78, 5) is 1.20. The Hall–Kier alpha value is -0.680. The van der Waals surface area contributed by atoms with E-state index in [9.17, 15) is 0 Å². The van der Waals surface area contributed by atoms with Crippen molar-refractivity contribution in [3.63, 3.8) is 0 Å². The Balaban J connectivity index is 2.05. The highest BCUT2D eigenvalue weighted by atomic mass is 79.9. The Morgan fingerprint density at radius 2 is 2.16 bits per heavy atom. The fourth-order valence-corrected chi connectivity index (χ4v) is 3.19. The van der Waals surface area contributed by atoms with Crippen molar-refractivity contribution < 1.29 is 4.74 Å². The van der Waals surface area contributed by atoms with E-state index in [2.05, 4.69) is 46.4 Å². The highest BCUT2D eigenvalue weighted by Gasteiger charge is 2.20. The first kappa shape index (κ1) is 14.7. The minimum absolute atomic E-state index is 0.0241. The van der Waals surface area contributed by atoms with Crippen molar-refractivity contribution in [2.45, 2.75) is 32.1 Å². The zero-order valence-corrected chi connectivity index (χ0v) is 13.3. The van der Waals surface area contributed by atoms with E-state index in [1.165, 1.54) is 4.88 Å². The Morgan fingerprint density at radius 3 is 2.79 bits per heavy atom. The van der Waals surface area contributed by atoms with Crippen molar-refractivity contribution in [3.8, 4) is 0 Å². The third-order valence-corrected chi connectivity index (χ3v) is 4.43. The molecular formula is C15H18BrNOS. The van der Waals surface area contributed by atoms with Crippen LogP contribution < -0.4 is 5.73 Å². The molecule has 2 rings (SSSR count). The highest BCUT2D eigenvalue weighted by Crippen LogP contribution is 2.27. The van der Waals surface area contributed by atoms with Crippen molar-refractivity contribution in [1.29, 1.82) is 0 Å². The monoisotopic (exact) mass is 339 g/mol. The maximum absolute atomic E-state index is 6.17. The number of ether oxygens (including phenoxy) is 1. The summed E-state index contributed by atoms with van der Waals surface area (Å²) in [5.41, 5.74) is 7.33. The van der Waals surface area contributed by atoms with E-state index in [1.54, 1.807) is 11.3 Å². The van der Waals surface area contributed by atoms with Gasteiger partial charge in [0.25, 0.3) is 0 Å². The van der Waals surface area contributed by atoms with Gasteiger partial charge in [0.2, 0.25) is 0 Å². The van der Waals surface area contributed by atoms with Crippen LogP contribution in [0.15, 0.2) is 46.3 Å². The second-order valence-electron chi connectivity index (χ2n) is 4.45. The SMILES string of the molecule is CCC(N)C(OCc1cccc(Br)c1)c1cccs1. The van der Waals surface area contributed by atoms with Gasteiger partial charge in [0.15, 0.2) is 0 Å².